The maximum atomic E-state index is 13.8. The first kappa shape index (κ1) is 20.7. The highest BCUT2D eigenvalue weighted by Crippen LogP contribution is 2.29. The van der Waals surface area contributed by atoms with Crippen molar-refractivity contribution in [3.05, 3.63) is 70.5 Å². The van der Waals surface area contributed by atoms with Gasteiger partial charge in [0.25, 0.3) is 5.91 Å². The van der Waals surface area contributed by atoms with Gasteiger partial charge in [0.15, 0.2) is 0 Å². The fourth-order valence-electron chi connectivity index (χ4n) is 3.34. The smallest absolute Gasteiger partial charge is 0.254 e. The van der Waals surface area contributed by atoms with E-state index in [-0.39, 0.29) is 24.0 Å². The van der Waals surface area contributed by atoms with E-state index in [1.807, 2.05) is 24.3 Å². The first-order chi connectivity index (χ1) is 12.2. The molecule has 3 rings (SSSR count). The van der Waals surface area contributed by atoms with E-state index in [4.69, 9.17) is 11.6 Å². The summed E-state index contributed by atoms with van der Waals surface area (Å²) in [5, 5.41) is 3.58. The maximum Gasteiger partial charge on any atom is 0.254 e. The molecule has 1 unspecified atom stereocenters. The molecule has 1 heterocycles. The van der Waals surface area contributed by atoms with Crippen molar-refractivity contribution in [3.63, 3.8) is 0 Å². The van der Waals surface area contributed by atoms with Crippen molar-refractivity contribution in [3.8, 4) is 0 Å². The van der Waals surface area contributed by atoms with Gasteiger partial charge in [0.2, 0.25) is 0 Å². The number of likely N-dealkylation sites (tertiary alicyclic amines) is 1. The number of amides is 1. The van der Waals surface area contributed by atoms with Crippen LogP contribution in [-0.4, -0.2) is 30.4 Å². The van der Waals surface area contributed by atoms with E-state index in [0.29, 0.717) is 11.6 Å². The number of hydrogen-bond acceptors (Lipinski definition) is 2. The van der Waals surface area contributed by atoms with Crippen LogP contribution in [0.15, 0.2) is 48.5 Å². The molecule has 1 aliphatic rings. The highest BCUT2D eigenvalue weighted by Gasteiger charge is 2.25. The van der Waals surface area contributed by atoms with Crippen molar-refractivity contribution in [1.82, 2.24) is 10.2 Å². The van der Waals surface area contributed by atoms with Crippen molar-refractivity contribution in [1.29, 1.82) is 0 Å². The van der Waals surface area contributed by atoms with E-state index in [1.54, 1.807) is 12.1 Å². The summed E-state index contributed by atoms with van der Waals surface area (Å²) in [6, 6.07) is 13.7. The number of halogens is 3. The zero-order valence-corrected chi connectivity index (χ0v) is 16.0. The molecule has 0 radical (unpaired) electrons. The molecule has 2 aromatic rings. The average molecular weight is 397 g/mol. The predicted molar refractivity (Wildman–Crippen MR) is 106 cm³/mol. The van der Waals surface area contributed by atoms with Gasteiger partial charge in [0.1, 0.15) is 5.82 Å². The summed E-state index contributed by atoms with van der Waals surface area (Å²) in [5.74, 6) is -0.903. The largest absolute Gasteiger partial charge is 0.350 e. The summed E-state index contributed by atoms with van der Waals surface area (Å²) < 4.78 is 13.8. The molecular weight excluding hydrogens is 374 g/mol. The first-order valence-electron chi connectivity index (χ1n) is 8.68. The Balaban J connectivity index is 0.00000243. The minimum Gasteiger partial charge on any atom is -0.350 e. The van der Waals surface area contributed by atoms with Gasteiger partial charge in [-0.05, 0) is 49.7 Å². The molecule has 1 saturated heterocycles. The van der Waals surface area contributed by atoms with Crippen LogP contribution in [0.5, 0.6) is 0 Å². The number of rotatable bonds is 5. The molecule has 2 aromatic carbocycles. The zero-order valence-electron chi connectivity index (χ0n) is 14.5. The van der Waals surface area contributed by atoms with Crippen molar-refractivity contribution >= 4 is 29.9 Å². The van der Waals surface area contributed by atoms with Crippen molar-refractivity contribution in [2.45, 2.75) is 25.3 Å². The highest BCUT2D eigenvalue weighted by atomic mass is 35.5. The molecule has 1 fully saturated rings. The monoisotopic (exact) mass is 396 g/mol. The lowest BCUT2D eigenvalue weighted by Gasteiger charge is -2.35. The van der Waals surface area contributed by atoms with Gasteiger partial charge in [0, 0.05) is 11.6 Å². The molecule has 26 heavy (non-hydrogen) atoms. The molecule has 0 aromatic heterocycles. The van der Waals surface area contributed by atoms with Gasteiger partial charge in [0.05, 0.1) is 11.6 Å². The zero-order chi connectivity index (χ0) is 17.6. The molecule has 0 saturated carbocycles. The van der Waals surface area contributed by atoms with Gasteiger partial charge < -0.3 is 5.32 Å². The number of hydrogen-bond donors (Lipinski definition) is 1. The maximum absolute atomic E-state index is 13.8. The van der Waals surface area contributed by atoms with Gasteiger partial charge >= 0.3 is 0 Å². The lowest BCUT2D eigenvalue weighted by Crippen LogP contribution is -2.41. The molecule has 0 spiro atoms. The van der Waals surface area contributed by atoms with Crippen LogP contribution in [0, 0.1) is 5.82 Å². The van der Waals surface area contributed by atoms with Crippen LogP contribution in [-0.2, 0) is 0 Å². The summed E-state index contributed by atoms with van der Waals surface area (Å²) in [5.41, 5.74) is 1.07. The van der Waals surface area contributed by atoms with E-state index < -0.39 is 11.7 Å². The quantitative estimate of drug-likeness (QED) is 0.782. The Bertz CT molecular complexity index is 735. The third-order valence-electron chi connectivity index (χ3n) is 4.67. The van der Waals surface area contributed by atoms with Gasteiger partial charge in [-0.25, -0.2) is 4.39 Å². The standard InChI is InChI=1S/C20H22ClFN2O.ClH/c21-17-10-4-2-8-15(17)19(24-12-6-1-7-13-24)14-23-20(25)16-9-3-5-11-18(16)22;/h2-5,8-11,19H,1,6-7,12-14H2,(H,23,25);1H. The second-order valence-corrected chi connectivity index (χ2v) is 6.73. The molecule has 1 atom stereocenters. The van der Waals surface area contributed by atoms with Crippen molar-refractivity contribution in [2.24, 2.45) is 0 Å². The van der Waals surface area contributed by atoms with E-state index >= 15 is 0 Å². The molecule has 1 aliphatic heterocycles. The Kier molecular flexibility index (Phi) is 7.88. The number of benzene rings is 2. The highest BCUT2D eigenvalue weighted by molar-refractivity contribution is 6.31. The second-order valence-electron chi connectivity index (χ2n) is 6.32. The fourth-order valence-corrected chi connectivity index (χ4v) is 3.60. The first-order valence-corrected chi connectivity index (χ1v) is 9.06. The molecule has 3 nitrogen and oxygen atoms in total. The Morgan fingerprint density at radius 1 is 1.08 bits per heavy atom. The number of carbonyl (C=O) groups excluding carboxylic acids is 1. The Morgan fingerprint density at radius 2 is 1.73 bits per heavy atom. The Labute approximate surface area is 164 Å². The summed E-state index contributed by atoms with van der Waals surface area (Å²) >= 11 is 6.40. The van der Waals surface area contributed by atoms with E-state index in [1.165, 1.54) is 18.6 Å². The average Bonchev–Trinajstić information content (AvgIpc) is 2.64. The van der Waals surface area contributed by atoms with E-state index in [0.717, 1.165) is 31.5 Å². The second kappa shape index (κ2) is 9.91. The van der Waals surface area contributed by atoms with E-state index in [9.17, 15) is 9.18 Å². The molecule has 1 N–H and O–H groups in total. The van der Waals surface area contributed by atoms with E-state index in [2.05, 4.69) is 10.2 Å². The SMILES string of the molecule is Cl.O=C(NCC(c1ccccc1Cl)N1CCCCC1)c1ccccc1F. The summed E-state index contributed by atoms with van der Waals surface area (Å²) in [7, 11) is 0. The van der Waals surface area contributed by atoms with Gasteiger partial charge in [-0.3, -0.25) is 9.69 Å². The molecular formula is C20H23Cl2FN2O. The molecule has 140 valence electrons. The Morgan fingerprint density at radius 3 is 2.42 bits per heavy atom. The van der Waals surface area contributed by atoms with Crippen LogP contribution in [0.3, 0.4) is 0 Å². The third-order valence-corrected chi connectivity index (χ3v) is 5.01. The van der Waals surface area contributed by atoms with Crippen LogP contribution in [0.4, 0.5) is 4.39 Å². The van der Waals surface area contributed by atoms with Gasteiger partial charge in [-0.15, -0.1) is 12.4 Å². The van der Waals surface area contributed by atoms with Crippen LogP contribution in [0.1, 0.15) is 41.2 Å². The summed E-state index contributed by atoms with van der Waals surface area (Å²) in [4.78, 5) is 14.7. The van der Waals surface area contributed by atoms with Crippen LogP contribution < -0.4 is 5.32 Å². The van der Waals surface area contributed by atoms with Crippen molar-refractivity contribution in [2.75, 3.05) is 19.6 Å². The van der Waals surface area contributed by atoms with Crippen molar-refractivity contribution < 1.29 is 9.18 Å². The van der Waals surface area contributed by atoms with Crippen LogP contribution >= 0.6 is 24.0 Å². The number of nitrogens with one attached hydrogen (secondary N) is 1. The number of nitrogens with zero attached hydrogens (tertiary/aromatic N) is 1. The number of carbonyl (C=O) groups is 1. The molecule has 1 amide bonds. The predicted octanol–water partition coefficient (Wildman–Crippen LogP) is 4.86. The third kappa shape index (κ3) is 4.97. The minimum absolute atomic E-state index is 0. The summed E-state index contributed by atoms with van der Waals surface area (Å²) in [6.45, 7) is 2.35. The summed E-state index contributed by atoms with van der Waals surface area (Å²) in [6.07, 6.45) is 3.51. The number of piperidine rings is 1. The molecule has 0 aliphatic carbocycles. The Hall–Kier alpha value is -1.62. The topological polar surface area (TPSA) is 32.3 Å². The van der Waals surface area contributed by atoms with Crippen LogP contribution in [0.25, 0.3) is 0 Å². The fraction of sp³-hybridized carbons (Fsp3) is 0.350. The minimum atomic E-state index is -0.507. The van der Waals surface area contributed by atoms with Gasteiger partial charge in [-0.1, -0.05) is 48.4 Å². The molecule has 0 bridgehead atoms. The normalized spacial score (nSPS) is 15.8. The lowest BCUT2D eigenvalue weighted by molar-refractivity contribution is 0.0920. The molecule has 6 heteroatoms. The lowest BCUT2D eigenvalue weighted by atomic mass is 10.0. The van der Waals surface area contributed by atoms with Crippen LogP contribution in [0.2, 0.25) is 5.02 Å². The van der Waals surface area contributed by atoms with Gasteiger partial charge in [-0.2, -0.15) is 0 Å².